The number of hydrogen-bond acceptors (Lipinski definition) is 2. The lowest BCUT2D eigenvalue weighted by Crippen LogP contribution is -2.33. The molecule has 2 rings (SSSR count). The van der Waals surface area contributed by atoms with Gasteiger partial charge in [0.25, 0.3) is 0 Å². The van der Waals surface area contributed by atoms with E-state index in [4.69, 9.17) is 16.3 Å². The van der Waals surface area contributed by atoms with Crippen LogP contribution >= 0.6 is 11.6 Å². The first kappa shape index (κ1) is 15.9. The number of carboxylic acids is 1. The quantitative estimate of drug-likeness (QED) is 0.904. The van der Waals surface area contributed by atoms with Crippen molar-refractivity contribution in [3.63, 3.8) is 0 Å². The summed E-state index contributed by atoms with van der Waals surface area (Å²) in [5.74, 6) is -1.59. The van der Waals surface area contributed by atoms with Crippen LogP contribution in [-0.4, -0.2) is 18.2 Å². The number of carboxylic acid groups (broad SMARTS) is 1. The Bertz CT molecular complexity index is 563. The van der Waals surface area contributed by atoms with Crippen LogP contribution in [0, 0.1) is 0 Å². The Morgan fingerprint density at radius 3 is 2.33 bits per heavy atom. The first-order valence-electron chi connectivity index (χ1n) is 6.41. The topological polar surface area (TPSA) is 46.5 Å². The normalized spacial score (nSPS) is 17.8. The molecular formula is C14H14ClF3O3. The number of carbonyl (C=O) groups is 1. The molecule has 21 heavy (non-hydrogen) atoms. The molecule has 116 valence electrons. The maximum absolute atomic E-state index is 13.1. The molecule has 0 heterocycles. The van der Waals surface area contributed by atoms with Crippen molar-refractivity contribution in [1.82, 2.24) is 0 Å². The molecule has 1 aromatic carbocycles. The smallest absolute Gasteiger partial charge is 0.420 e. The largest absolute Gasteiger partial charge is 0.496 e. The van der Waals surface area contributed by atoms with Gasteiger partial charge in [-0.1, -0.05) is 24.4 Å². The molecule has 1 aromatic rings. The van der Waals surface area contributed by atoms with Crippen molar-refractivity contribution in [3.8, 4) is 5.75 Å². The lowest BCUT2D eigenvalue weighted by molar-refractivity contribution is -0.144. The average molecular weight is 323 g/mol. The fraction of sp³-hybridized carbons (Fsp3) is 0.500. The van der Waals surface area contributed by atoms with Gasteiger partial charge in [0, 0.05) is 10.6 Å². The van der Waals surface area contributed by atoms with E-state index in [1.807, 2.05) is 0 Å². The van der Waals surface area contributed by atoms with Crippen LogP contribution in [0.3, 0.4) is 0 Å². The van der Waals surface area contributed by atoms with Crippen molar-refractivity contribution in [3.05, 3.63) is 28.3 Å². The molecule has 0 aromatic heterocycles. The molecule has 3 nitrogen and oxygen atoms in total. The highest BCUT2D eigenvalue weighted by Gasteiger charge is 2.47. The third-order valence-corrected chi connectivity index (χ3v) is 4.16. The highest BCUT2D eigenvalue weighted by atomic mass is 35.5. The molecule has 0 spiro atoms. The lowest BCUT2D eigenvalue weighted by Gasteiger charge is -2.28. The van der Waals surface area contributed by atoms with Gasteiger partial charge >= 0.3 is 12.1 Å². The second-order valence-corrected chi connectivity index (χ2v) is 5.56. The first-order chi connectivity index (χ1) is 9.72. The molecule has 7 heteroatoms. The van der Waals surface area contributed by atoms with E-state index in [-0.39, 0.29) is 23.4 Å². The van der Waals surface area contributed by atoms with Crippen molar-refractivity contribution >= 4 is 17.6 Å². The zero-order valence-electron chi connectivity index (χ0n) is 11.3. The molecule has 0 aliphatic heterocycles. The Morgan fingerprint density at radius 1 is 1.33 bits per heavy atom. The molecule has 1 saturated carbocycles. The zero-order chi connectivity index (χ0) is 15.8. The van der Waals surface area contributed by atoms with E-state index in [9.17, 15) is 23.1 Å². The summed E-state index contributed by atoms with van der Waals surface area (Å²) in [5, 5.41) is 9.39. The highest BCUT2D eigenvalue weighted by molar-refractivity contribution is 6.30. The molecule has 1 N–H and O–H groups in total. The minimum absolute atomic E-state index is 0.00910. The molecule has 0 unspecified atom stereocenters. The second kappa shape index (κ2) is 5.40. The van der Waals surface area contributed by atoms with E-state index in [0.717, 1.165) is 13.2 Å². The standard InChI is InChI=1S/C14H14ClF3O3/c1-21-11-9(13(12(19)20)4-2-3-5-13)6-8(15)7-10(11)14(16,17)18/h6-7H,2-5H2,1H3,(H,19,20). The van der Waals surface area contributed by atoms with E-state index in [1.165, 1.54) is 6.07 Å². The summed E-state index contributed by atoms with van der Waals surface area (Å²) in [4.78, 5) is 11.7. The van der Waals surface area contributed by atoms with Gasteiger partial charge in [-0.2, -0.15) is 13.2 Å². The van der Waals surface area contributed by atoms with Crippen LogP contribution in [0.15, 0.2) is 12.1 Å². The Morgan fingerprint density at radius 2 is 1.90 bits per heavy atom. The third-order valence-electron chi connectivity index (χ3n) is 3.95. The van der Waals surface area contributed by atoms with Gasteiger partial charge in [0.05, 0.1) is 18.1 Å². The number of halogens is 4. The van der Waals surface area contributed by atoms with Crippen LogP contribution in [0.1, 0.15) is 36.8 Å². The number of ether oxygens (including phenoxy) is 1. The lowest BCUT2D eigenvalue weighted by atomic mass is 9.77. The molecule has 0 atom stereocenters. The molecule has 1 fully saturated rings. The summed E-state index contributed by atoms with van der Waals surface area (Å²) in [6.45, 7) is 0. The SMILES string of the molecule is COc1c(C(F)(F)F)cc(Cl)cc1C1(C(=O)O)CCCC1. The first-order valence-corrected chi connectivity index (χ1v) is 6.79. The number of hydrogen-bond donors (Lipinski definition) is 1. The molecule has 1 aliphatic rings. The average Bonchev–Trinajstić information content (AvgIpc) is 2.87. The van der Waals surface area contributed by atoms with Gasteiger partial charge in [-0.25, -0.2) is 0 Å². The summed E-state index contributed by atoms with van der Waals surface area (Å²) in [6.07, 6.45) is -2.83. The van der Waals surface area contributed by atoms with E-state index in [0.29, 0.717) is 12.8 Å². The van der Waals surface area contributed by atoms with Gasteiger partial charge < -0.3 is 9.84 Å². The van der Waals surface area contributed by atoms with Crippen LogP contribution in [0.2, 0.25) is 5.02 Å². The van der Waals surface area contributed by atoms with Crippen LogP contribution in [0.4, 0.5) is 13.2 Å². The van der Waals surface area contributed by atoms with Crippen LogP contribution in [0.25, 0.3) is 0 Å². The molecule has 0 amide bonds. The van der Waals surface area contributed by atoms with Crippen LogP contribution in [-0.2, 0) is 16.4 Å². The molecule has 0 radical (unpaired) electrons. The molecule has 0 saturated heterocycles. The van der Waals surface area contributed by atoms with Crippen molar-refractivity contribution in [2.75, 3.05) is 7.11 Å². The number of benzene rings is 1. The Kier molecular flexibility index (Phi) is 4.10. The van der Waals surface area contributed by atoms with Gasteiger partial charge in [-0.05, 0) is 25.0 Å². The number of aliphatic carboxylic acids is 1. The Hall–Kier alpha value is -1.43. The van der Waals surface area contributed by atoms with Crippen LogP contribution < -0.4 is 4.74 Å². The zero-order valence-corrected chi connectivity index (χ0v) is 12.0. The van der Waals surface area contributed by atoms with E-state index >= 15 is 0 Å². The van der Waals surface area contributed by atoms with Gasteiger partial charge in [-0.15, -0.1) is 0 Å². The summed E-state index contributed by atoms with van der Waals surface area (Å²) >= 11 is 5.78. The van der Waals surface area contributed by atoms with Crippen molar-refractivity contribution in [2.24, 2.45) is 0 Å². The fourth-order valence-corrected chi connectivity index (χ4v) is 3.17. The van der Waals surface area contributed by atoms with Gasteiger partial charge in [0.1, 0.15) is 5.75 Å². The molecular weight excluding hydrogens is 309 g/mol. The van der Waals surface area contributed by atoms with Crippen molar-refractivity contribution in [2.45, 2.75) is 37.3 Å². The fourth-order valence-electron chi connectivity index (χ4n) is 2.96. The summed E-state index contributed by atoms with van der Waals surface area (Å²) in [6, 6.07) is 2.03. The summed E-state index contributed by atoms with van der Waals surface area (Å²) < 4.78 is 44.3. The molecule has 0 bridgehead atoms. The maximum Gasteiger partial charge on any atom is 0.420 e. The van der Waals surface area contributed by atoms with Crippen molar-refractivity contribution < 1.29 is 27.8 Å². The van der Waals surface area contributed by atoms with E-state index in [2.05, 4.69) is 0 Å². The monoisotopic (exact) mass is 322 g/mol. The Labute approximate surface area is 124 Å². The second-order valence-electron chi connectivity index (χ2n) is 5.13. The third kappa shape index (κ3) is 2.69. The maximum atomic E-state index is 13.1. The van der Waals surface area contributed by atoms with Crippen LogP contribution in [0.5, 0.6) is 5.75 Å². The van der Waals surface area contributed by atoms with E-state index < -0.39 is 28.9 Å². The summed E-state index contributed by atoms with van der Waals surface area (Å²) in [5.41, 5.74) is -2.40. The predicted octanol–water partition coefficient (Wildman–Crippen LogP) is 4.26. The van der Waals surface area contributed by atoms with Gasteiger partial charge in [0.2, 0.25) is 0 Å². The summed E-state index contributed by atoms with van der Waals surface area (Å²) in [7, 11) is 1.10. The van der Waals surface area contributed by atoms with Crippen molar-refractivity contribution in [1.29, 1.82) is 0 Å². The van der Waals surface area contributed by atoms with E-state index in [1.54, 1.807) is 0 Å². The number of alkyl halides is 3. The Balaban J connectivity index is 2.74. The number of methoxy groups -OCH3 is 1. The predicted molar refractivity (Wildman–Crippen MR) is 70.8 cm³/mol. The number of rotatable bonds is 3. The molecule has 1 aliphatic carbocycles. The van der Waals surface area contributed by atoms with Gasteiger partial charge in [-0.3, -0.25) is 4.79 Å². The van der Waals surface area contributed by atoms with Gasteiger partial charge in [0.15, 0.2) is 0 Å². The minimum Gasteiger partial charge on any atom is -0.496 e. The highest BCUT2D eigenvalue weighted by Crippen LogP contribution is 2.49. The minimum atomic E-state index is -4.66.